The molecule has 0 unspecified atom stereocenters. The number of benzene rings is 3. The molecule has 0 N–H and O–H groups in total. The largest absolute Gasteiger partial charge is 0.497 e. The third-order valence-corrected chi connectivity index (χ3v) is 13.8. The predicted octanol–water partition coefficient (Wildman–Crippen LogP) is 3.18. The van der Waals surface area contributed by atoms with E-state index in [1.165, 1.54) is 18.7 Å². The van der Waals surface area contributed by atoms with Gasteiger partial charge in [-0.15, -0.1) is 0 Å². The fraction of sp³-hybridized carbons (Fsp3) is 0.389. The van der Waals surface area contributed by atoms with E-state index < -0.39 is 60.9 Å². The highest BCUT2D eigenvalue weighted by atomic mass is 28.4. The van der Waals surface area contributed by atoms with Crippen LogP contribution in [0.3, 0.4) is 0 Å². The smallest absolute Gasteiger partial charge is 0.303 e. The van der Waals surface area contributed by atoms with E-state index >= 15 is 0 Å². The molecule has 3 aromatic rings. The van der Waals surface area contributed by atoms with Gasteiger partial charge in [0, 0.05) is 20.4 Å². The van der Waals surface area contributed by atoms with Crippen LogP contribution in [0.4, 0.5) is 0 Å². The highest BCUT2D eigenvalue weighted by Crippen LogP contribution is 2.43. The summed E-state index contributed by atoms with van der Waals surface area (Å²) in [4.78, 5) is 54.4. The Hall–Kier alpha value is -4.32. The zero-order valence-corrected chi connectivity index (χ0v) is 28.6. The van der Waals surface area contributed by atoms with Gasteiger partial charge in [-0.2, -0.15) is 0 Å². The van der Waals surface area contributed by atoms with E-state index in [1.54, 1.807) is 31.4 Å². The molecule has 0 saturated carbocycles. The van der Waals surface area contributed by atoms with Crippen LogP contribution in [0.1, 0.15) is 40.2 Å². The Bertz CT molecular complexity index is 1570. The Balaban J connectivity index is 1.54. The lowest BCUT2D eigenvalue weighted by atomic mass is 9.91. The first kappa shape index (κ1) is 34.0. The van der Waals surface area contributed by atoms with Gasteiger partial charge in [0.1, 0.15) is 11.9 Å². The number of hydrogen-bond acceptors (Lipinski definition) is 9. The zero-order chi connectivity index (χ0) is 34.0. The molecule has 2 aliphatic rings. The van der Waals surface area contributed by atoms with Crippen molar-refractivity contribution in [2.45, 2.75) is 70.1 Å². The summed E-state index contributed by atoms with van der Waals surface area (Å²) in [5.41, 5.74) is -1.45. The van der Waals surface area contributed by atoms with Gasteiger partial charge in [-0.05, 0) is 33.1 Å². The van der Waals surface area contributed by atoms with Crippen molar-refractivity contribution in [3.63, 3.8) is 0 Å². The number of esters is 2. The van der Waals surface area contributed by atoms with Crippen LogP contribution >= 0.6 is 0 Å². The maximum atomic E-state index is 14.2. The number of hydrogen-bond donors (Lipinski definition) is 0. The number of likely N-dealkylation sites (tertiary alicyclic amines) is 1. The van der Waals surface area contributed by atoms with Crippen molar-refractivity contribution < 1.29 is 42.6 Å². The van der Waals surface area contributed by atoms with Crippen LogP contribution in [0.2, 0.25) is 5.04 Å². The molecule has 2 saturated heterocycles. The van der Waals surface area contributed by atoms with Gasteiger partial charge in [0.2, 0.25) is 5.60 Å². The standard InChI is InChI=1S/C36H41NO9Si/c1-24(38)44-32-30(23-43-47(35(3,4)5,28-13-9-7-10-14-28)29-15-11-8-12-16-29)46-36(33(32)45-25(2)39)31(40)22-37(34(36)41)21-26-17-19-27(42-6)20-18-26/h7-20,30,32-33H,21-23H2,1-6H3/t30-,32-,33-,36+/m1/s1. The van der Waals surface area contributed by atoms with Crippen molar-refractivity contribution in [2.24, 2.45) is 0 Å². The molecule has 0 bridgehead atoms. The molecule has 11 heteroatoms. The van der Waals surface area contributed by atoms with Crippen LogP contribution in [0.5, 0.6) is 5.75 Å². The normalized spacial score (nSPS) is 22.9. The Kier molecular flexibility index (Phi) is 9.72. The topological polar surface area (TPSA) is 118 Å². The van der Waals surface area contributed by atoms with Crippen LogP contribution in [0, 0.1) is 0 Å². The SMILES string of the molecule is COc1ccc(CN2CC(=O)[C@@]3(O[C@H](CO[Si](c4ccccc4)(c4ccccc4)C(C)(C)C)[C@@H](OC(C)=O)[C@H]3OC(C)=O)C2=O)cc1. The Morgan fingerprint density at radius 3 is 1.91 bits per heavy atom. The molecule has 0 aliphatic carbocycles. The number of ketones is 1. The molecule has 2 aliphatic heterocycles. The van der Waals surface area contributed by atoms with Crippen molar-refractivity contribution in [3.05, 3.63) is 90.5 Å². The second-order valence-electron chi connectivity index (χ2n) is 12.9. The molecular weight excluding hydrogens is 618 g/mol. The Morgan fingerprint density at radius 1 is 0.872 bits per heavy atom. The molecule has 2 fully saturated rings. The quantitative estimate of drug-likeness (QED) is 0.184. The fourth-order valence-corrected chi connectivity index (χ4v) is 11.3. The second kappa shape index (κ2) is 13.4. The highest BCUT2D eigenvalue weighted by Gasteiger charge is 2.71. The number of rotatable bonds is 10. The number of Topliss-reactive ketones (excluding diaryl/α,β-unsaturated/α-hetero) is 1. The monoisotopic (exact) mass is 659 g/mol. The minimum atomic E-state index is -3.12. The van der Waals surface area contributed by atoms with Crippen molar-refractivity contribution in [2.75, 3.05) is 20.3 Å². The maximum Gasteiger partial charge on any atom is 0.303 e. The summed E-state index contributed by atoms with van der Waals surface area (Å²) in [6, 6.07) is 27.0. The van der Waals surface area contributed by atoms with Gasteiger partial charge in [-0.25, -0.2) is 0 Å². The second-order valence-corrected chi connectivity index (χ2v) is 17.2. The minimum absolute atomic E-state index is 0.105. The molecule has 0 aromatic heterocycles. The molecule has 4 atom stereocenters. The molecule has 10 nitrogen and oxygen atoms in total. The molecular formula is C36H41NO9Si. The average molecular weight is 660 g/mol. The van der Waals surface area contributed by atoms with Crippen LogP contribution in [0.15, 0.2) is 84.9 Å². The first-order valence-corrected chi connectivity index (χ1v) is 17.5. The van der Waals surface area contributed by atoms with Gasteiger partial charge in [-0.1, -0.05) is 93.6 Å². The van der Waals surface area contributed by atoms with Crippen LogP contribution in [-0.2, 0) is 44.4 Å². The van der Waals surface area contributed by atoms with E-state index in [2.05, 4.69) is 20.8 Å². The molecule has 1 amide bonds. The maximum absolute atomic E-state index is 14.2. The van der Waals surface area contributed by atoms with Gasteiger partial charge in [-0.3, -0.25) is 19.2 Å². The van der Waals surface area contributed by atoms with E-state index in [9.17, 15) is 19.2 Å². The Labute approximate surface area is 276 Å². The highest BCUT2D eigenvalue weighted by molar-refractivity contribution is 6.99. The molecule has 1 spiro atoms. The van der Waals surface area contributed by atoms with Crippen LogP contribution in [0.25, 0.3) is 0 Å². The number of ether oxygens (including phenoxy) is 4. The summed E-state index contributed by atoms with van der Waals surface area (Å²) >= 11 is 0. The third-order valence-electron chi connectivity index (χ3n) is 8.76. The molecule has 2 heterocycles. The van der Waals surface area contributed by atoms with E-state index in [-0.39, 0.29) is 19.7 Å². The van der Waals surface area contributed by atoms with Crippen molar-refractivity contribution in [1.29, 1.82) is 0 Å². The minimum Gasteiger partial charge on any atom is -0.497 e. The average Bonchev–Trinajstić information content (AvgIpc) is 3.45. The summed E-state index contributed by atoms with van der Waals surface area (Å²) in [7, 11) is -1.56. The van der Waals surface area contributed by atoms with Crippen molar-refractivity contribution >= 4 is 42.3 Å². The molecule has 5 rings (SSSR count). The van der Waals surface area contributed by atoms with Crippen molar-refractivity contribution in [1.82, 2.24) is 4.90 Å². The van der Waals surface area contributed by atoms with E-state index in [0.29, 0.717) is 5.75 Å². The van der Waals surface area contributed by atoms with E-state index in [0.717, 1.165) is 15.9 Å². The lowest BCUT2D eigenvalue weighted by Crippen LogP contribution is -2.67. The van der Waals surface area contributed by atoms with Gasteiger partial charge in [0.05, 0.1) is 20.3 Å². The van der Waals surface area contributed by atoms with Gasteiger partial charge in [0.15, 0.2) is 18.0 Å². The molecule has 0 radical (unpaired) electrons. The number of carbonyl (C=O) groups is 4. The predicted molar refractivity (Wildman–Crippen MR) is 176 cm³/mol. The summed E-state index contributed by atoms with van der Waals surface area (Å²) < 4.78 is 30.1. The summed E-state index contributed by atoms with van der Waals surface area (Å²) in [6.45, 7) is 8.40. The van der Waals surface area contributed by atoms with Crippen LogP contribution in [-0.4, -0.2) is 81.0 Å². The number of methoxy groups -OCH3 is 1. The van der Waals surface area contributed by atoms with Gasteiger partial charge < -0.3 is 28.3 Å². The number of nitrogens with zero attached hydrogens (tertiary/aromatic N) is 1. The summed E-state index contributed by atoms with van der Waals surface area (Å²) in [5, 5.41) is 1.61. The number of carbonyl (C=O) groups excluding carboxylic acids is 4. The lowest BCUT2D eigenvalue weighted by molar-refractivity contribution is -0.174. The molecule has 3 aromatic carbocycles. The molecule has 248 valence electrons. The van der Waals surface area contributed by atoms with Gasteiger partial charge >= 0.3 is 11.9 Å². The summed E-state index contributed by atoms with van der Waals surface area (Å²) in [5.74, 6) is -2.05. The third kappa shape index (κ3) is 6.35. The fourth-order valence-electron chi connectivity index (χ4n) is 6.75. The Morgan fingerprint density at radius 2 is 1.43 bits per heavy atom. The van der Waals surface area contributed by atoms with Gasteiger partial charge in [0.25, 0.3) is 14.2 Å². The van der Waals surface area contributed by atoms with Crippen LogP contribution < -0.4 is 15.1 Å². The van der Waals surface area contributed by atoms with E-state index in [1.807, 2.05) is 60.7 Å². The number of amides is 1. The lowest BCUT2D eigenvalue weighted by Gasteiger charge is -2.43. The van der Waals surface area contributed by atoms with Crippen molar-refractivity contribution in [3.8, 4) is 5.75 Å². The first-order valence-electron chi connectivity index (χ1n) is 15.6. The molecule has 47 heavy (non-hydrogen) atoms. The first-order chi connectivity index (χ1) is 22.3. The zero-order valence-electron chi connectivity index (χ0n) is 27.6. The summed E-state index contributed by atoms with van der Waals surface area (Å²) in [6.07, 6.45) is -3.92. The van der Waals surface area contributed by atoms with E-state index in [4.69, 9.17) is 23.4 Å².